The average molecular weight is 285 g/mol. The van der Waals surface area contributed by atoms with Crippen molar-refractivity contribution >= 4 is 11.9 Å². The molecule has 116 valence electrons. The summed E-state index contributed by atoms with van der Waals surface area (Å²) in [5.41, 5.74) is -0.922. The van der Waals surface area contributed by atoms with Crippen LogP contribution in [0.5, 0.6) is 0 Å². The third kappa shape index (κ3) is 4.20. The quantitative estimate of drug-likeness (QED) is 0.778. The van der Waals surface area contributed by atoms with Crippen LogP contribution in [0.3, 0.4) is 0 Å². The van der Waals surface area contributed by atoms with Crippen LogP contribution < -0.4 is 0 Å². The Bertz CT molecular complexity index is 333. The van der Waals surface area contributed by atoms with Gasteiger partial charge in [0.15, 0.2) is 0 Å². The summed E-state index contributed by atoms with van der Waals surface area (Å²) in [6.45, 7) is 5.83. The number of ether oxygens (including phenoxy) is 1. The van der Waals surface area contributed by atoms with Crippen LogP contribution in [0.4, 0.5) is 0 Å². The molecule has 1 atom stereocenters. The summed E-state index contributed by atoms with van der Waals surface area (Å²) in [6, 6.07) is 0. The smallest absolute Gasteiger partial charge is 0.310 e. The molecule has 5 nitrogen and oxygen atoms in total. The van der Waals surface area contributed by atoms with Crippen LogP contribution in [0, 0.1) is 11.3 Å². The summed E-state index contributed by atoms with van der Waals surface area (Å²) in [4.78, 5) is 25.4. The van der Waals surface area contributed by atoms with Crippen LogP contribution in [0.25, 0.3) is 0 Å². The maximum absolute atomic E-state index is 12.3. The highest BCUT2D eigenvalue weighted by Gasteiger charge is 2.38. The number of aliphatic carboxylic acids is 1. The maximum atomic E-state index is 12.3. The second kappa shape index (κ2) is 7.62. The number of hydrogen-bond acceptors (Lipinski definition) is 3. The van der Waals surface area contributed by atoms with Crippen molar-refractivity contribution in [1.82, 2.24) is 4.90 Å². The molecule has 1 aliphatic rings. The van der Waals surface area contributed by atoms with Crippen molar-refractivity contribution in [2.24, 2.45) is 11.3 Å². The predicted octanol–water partition coefficient (Wildman–Crippen LogP) is 2.15. The molecule has 1 fully saturated rings. The molecule has 0 aromatic heterocycles. The largest absolute Gasteiger partial charge is 0.481 e. The number of carboxylic acids is 1. The number of carbonyl (C=O) groups excluding carboxylic acids is 1. The van der Waals surface area contributed by atoms with Gasteiger partial charge in [-0.25, -0.2) is 0 Å². The monoisotopic (exact) mass is 285 g/mol. The molecule has 5 heteroatoms. The van der Waals surface area contributed by atoms with Crippen LogP contribution >= 0.6 is 0 Å². The Kier molecular flexibility index (Phi) is 6.46. The first-order valence-corrected chi connectivity index (χ1v) is 7.50. The highest BCUT2D eigenvalue weighted by atomic mass is 16.5. The Morgan fingerprint density at radius 2 is 2.00 bits per heavy atom. The third-order valence-corrected chi connectivity index (χ3v) is 4.51. The Hall–Kier alpha value is -1.10. The average Bonchev–Trinajstić information content (AvgIpc) is 2.45. The molecular formula is C15H27NO4. The van der Waals surface area contributed by atoms with E-state index in [1.807, 2.05) is 13.8 Å². The number of hydrogen-bond donors (Lipinski definition) is 1. The van der Waals surface area contributed by atoms with Crippen molar-refractivity contribution in [2.45, 2.75) is 46.0 Å². The minimum absolute atomic E-state index is 0.0818. The van der Waals surface area contributed by atoms with Crippen LogP contribution in [0.15, 0.2) is 0 Å². The normalized spacial score (nSPS) is 19.6. The standard InChI is InChI=1S/C15H27NO4/c1-4-15(5-2,14(18)19)9-13(17)16(3)10-12-7-6-8-20-11-12/h12H,4-11H2,1-3H3,(H,18,19). The number of rotatable bonds is 7. The molecule has 0 saturated carbocycles. The van der Waals surface area contributed by atoms with Gasteiger partial charge < -0.3 is 14.7 Å². The van der Waals surface area contributed by atoms with Crippen molar-refractivity contribution in [3.05, 3.63) is 0 Å². The molecule has 1 saturated heterocycles. The molecule has 0 spiro atoms. The Morgan fingerprint density at radius 3 is 2.45 bits per heavy atom. The van der Waals surface area contributed by atoms with Crippen LogP contribution in [-0.2, 0) is 14.3 Å². The molecule has 1 unspecified atom stereocenters. The third-order valence-electron chi connectivity index (χ3n) is 4.51. The van der Waals surface area contributed by atoms with Crippen molar-refractivity contribution in [2.75, 3.05) is 26.8 Å². The first-order valence-electron chi connectivity index (χ1n) is 7.50. The molecule has 0 aromatic rings. The van der Waals surface area contributed by atoms with Gasteiger partial charge in [0.05, 0.1) is 12.0 Å². The molecule has 20 heavy (non-hydrogen) atoms. The summed E-state index contributed by atoms with van der Waals surface area (Å²) in [6.07, 6.45) is 3.15. The molecule has 0 radical (unpaired) electrons. The van der Waals surface area contributed by atoms with Gasteiger partial charge in [-0.3, -0.25) is 9.59 Å². The van der Waals surface area contributed by atoms with E-state index in [-0.39, 0.29) is 12.3 Å². The van der Waals surface area contributed by atoms with Crippen LogP contribution in [-0.4, -0.2) is 48.7 Å². The van der Waals surface area contributed by atoms with Crippen LogP contribution in [0.2, 0.25) is 0 Å². The van der Waals surface area contributed by atoms with E-state index in [1.54, 1.807) is 11.9 Å². The molecule has 1 heterocycles. The molecule has 1 rings (SSSR count). The lowest BCUT2D eigenvalue weighted by molar-refractivity contribution is -0.154. The molecule has 1 aliphatic heterocycles. The van der Waals surface area contributed by atoms with Gasteiger partial charge in [0, 0.05) is 26.6 Å². The number of carboxylic acid groups (broad SMARTS) is 1. The van der Waals surface area contributed by atoms with Gasteiger partial charge in [-0.05, 0) is 31.6 Å². The molecule has 0 bridgehead atoms. The van der Waals surface area contributed by atoms with Gasteiger partial charge in [0.2, 0.25) is 5.91 Å². The van der Waals surface area contributed by atoms with Crippen molar-refractivity contribution in [1.29, 1.82) is 0 Å². The lowest BCUT2D eigenvalue weighted by Gasteiger charge is -2.31. The van der Waals surface area contributed by atoms with Gasteiger partial charge in [0.25, 0.3) is 0 Å². The topological polar surface area (TPSA) is 66.8 Å². The molecule has 1 amide bonds. The zero-order valence-electron chi connectivity index (χ0n) is 12.9. The van der Waals surface area contributed by atoms with E-state index in [9.17, 15) is 14.7 Å². The van der Waals surface area contributed by atoms with Crippen molar-refractivity contribution in [3.63, 3.8) is 0 Å². The number of carbonyl (C=O) groups is 2. The zero-order valence-corrected chi connectivity index (χ0v) is 12.9. The minimum Gasteiger partial charge on any atom is -0.481 e. The lowest BCUT2D eigenvalue weighted by atomic mass is 9.79. The van der Waals surface area contributed by atoms with E-state index >= 15 is 0 Å². The summed E-state index contributed by atoms with van der Waals surface area (Å²) in [5.74, 6) is -0.577. The number of amides is 1. The van der Waals surface area contributed by atoms with Crippen LogP contribution in [0.1, 0.15) is 46.0 Å². The fraction of sp³-hybridized carbons (Fsp3) is 0.867. The lowest BCUT2D eigenvalue weighted by Crippen LogP contribution is -2.40. The van der Waals surface area contributed by atoms with E-state index in [2.05, 4.69) is 0 Å². The van der Waals surface area contributed by atoms with Gasteiger partial charge in [-0.2, -0.15) is 0 Å². The van der Waals surface area contributed by atoms with Crippen molar-refractivity contribution < 1.29 is 19.4 Å². The van der Waals surface area contributed by atoms with E-state index in [0.29, 0.717) is 31.9 Å². The van der Waals surface area contributed by atoms with Gasteiger partial charge in [-0.1, -0.05) is 13.8 Å². The highest BCUT2D eigenvalue weighted by molar-refractivity contribution is 5.84. The predicted molar refractivity (Wildman–Crippen MR) is 76.4 cm³/mol. The summed E-state index contributed by atoms with van der Waals surface area (Å²) >= 11 is 0. The highest BCUT2D eigenvalue weighted by Crippen LogP contribution is 2.31. The van der Waals surface area contributed by atoms with E-state index in [4.69, 9.17) is 4.74 Å². The maximum Gasteiger partial charge on any atom is 0.310 e. The first-order chi connectivity index (χ1) is 9.45. The molecular weight excluding hydrogens is 258 g/mol. The second-order valence-electron chi connectivity index (χ2n) is 5.83. The Morgan fingerprint density at radius 1 is 1.35 bits per heavy atom. The van der Waals surface area contributed by atoms with Gasteiger partial charge >= 0.3 is 5.97 Å². The molecule has 0 aromatic carbocycles. The minimum atomic E-state index is -0.922. The fourth-order valence-corrected chi connectivity index (χ4v) is 2.74. The summed E-state index contributed by atoms with van der Waals surface area (Å²) in [5, 5.41) is 9.39. The molecule has 0 aliphatic carbocycles. The Labute approximate surface area is 121 Å². The van der Waals surface area contributed by atoms with E-state index < -0.39 is 11.4 Å². The SMILES string of the molecule is CCC(CC)(CC(=O)N(C)CC1CCCOC1)C(=O)O. The summed E-state index contributed by atoms with van der Waals surface area (Å²) < 4.78 is 5.41. The van der Waals surface area contributed by atoms with Gasteiger partial charge in [0.1, 0.15) is 0 Å². The zero-order chi connectivity index (χ0) is 15.2. The number of nitrogens with zero attached hydrogens (tertiary/aromatic N) is 1. The van der Waals surface area contributed by atoms with E-state index in [0.717, 1.165) is 19.4 Å². The fourth-order valence-electron chi connectivity index (χ4n) is 2.74. The second-order valence-corrected chi connectivity index (χ2v) is 5.83. The first kappa shape index (κ1) is 17.0. The Balaban J connectivity index is 2.57. The van der Waals surface area contributed by atoms with Crippen molar-refractivity contribution in [3.8, 4) is 0 Å². The molecule has 1 N–H and O–H groups in total. The van der Waals surface area contributed by atoms with E-state index in [1.165, 1.54) is 0 Å². The van der Waals surface area contributed by atoms with Gasteiger partial charge in [-0.15, -0.1) is 0 Å². The summed E-state index contributed by atoms with van der Waals surface area (Å²) in [7, 11) is 1.76.